The van der Waals surface area contributed by atoms with Crippen LogP contribution in [-0.4, -0.2) is 18.6 Å². The third-order valence-corrected chi connectivity index (χ3v) is 4.44. The Hall–Kier alpha value is -1.80. The van der Waals surface area contributed by atoms with Crippen molar-refractivity contribution in [2.75, 3.05) is 0 Å². The van der Waals surface area contributed by atoms with Gasteiger partial charge in [-0.1, -0.05) is 11.2 Å². The highest BCUT2D eigenvalue weighted by Crippen LogP contribution is 2.20. The summed E-state index contributed by atoms with van der Waals surface area (Å²) in [6, 6.07) is 3.19. The molecule has 20 heavy (non-hydrogen) atoms. The molecule has 0 bridgehead atoms. The van der Waals surface area contributed by atoms with Crippen molar-refractivity contribution in [1.29, 1.82) is 0 Å². The molecule has 1 atom stereocenters. The number of nitrogens with one attached hydrogen (secondary N) is 1. The summed E-state index contributed by atoms with van der Waals surface area (Å²) in [5, 5.41) is 3.59. The van der Waals surface area contributed by atoms with Crippen LogP contribution >= 0.6 is 0 Å². The van der Waals surface area contributed by atoms with Crippen molar-refractivity contribution >= 4 is 10.0 Å². The van der Waals surface area contributed by atoms with Gasteiger partial charge in [-0.3, -0.25) is 0 Å². The molecule has 6 nitrogen and oxygen atoms in total. The molecule has 1 aromatic heterocycles. The molecule has 1 aromatic carbocycles. The Balaban J connectivity index is 2.30. The van der Waals surface area contributed by atoms with Crippen molar-refractivity contribution in [3.8, 4) is 0 Å². The minimum absolute atomic E-state index is 0.0638. The molecule has 0 radical (unpaired) electrons. The highest BCUT2D eigenvalue weighted by molar-refractivity contribution is 7.89. The fraction of sp³-hybridized carbons (Fsp3) is 0.333. The van der Waals surface area contributed by atoms with E-state index in [0.717, 1.165) is 0 Å². The number of hydrogen-bond donors (Lipinski definition) is 1. The standard InChI is InChI=1S/C12H14FN3O3S/c1-7-10(13)5-4-6-11(7)20(17,18)16-8(2)12-14-9(3)15-19-12/h4-6,8,16H,1-3H3. The predicted octanol–water partition coefficient (Wildman–Crippen LogP) is 1.87. The molecule has 2 rings (SSSR count). The fourth-order valence-electron chi connectivity index (χ4n) is 1.71. The lowest BCUT2D eigenvalue weighted by atomic mass is 10.2. The maximum absolute atomic E-state index is 13.4. The van der Waals surface area contributed by atoms with Crippen molar-refractivity contribution in [2.24, 2.45) is 0 Å². The lowest BCUT2D eigenvalue weighted by Gasteiger charge is -2.12. The number of aryl methyl sites for hydroxylation is 1. The van der Waals surface area contributed by atoms with Gasteiger partial charge >= 0.3 is 0 Å². The first-order valence-electron chi connectivity index (χ1n) is 5.89. The Bertz CT molecular complexity index is 727. The number of nitrogens with zero attached hydrogens (tertiary/aromatic N) is 2. The minimum Gasteiger partial charge on any atom is -0.338 e. The van der Waals surface area contributed by atoms with E-state index >= 15 is 0 Å². The van der Waals surface area contributed by atoms with Gasteiger partial charge in [0.05, 0.1) is 10.9 Å². The molecule has 1 unspecified atom stereocenters. The third kappa shape index (κ3) is 2.86. The van der Waals surface area contributed by atoms with Crippen LogP contribution in [0.15, 0.2) is 27.6 Å². The Morgan fingerprint density at radius 2 is 2.05 bits per heavy atom. The largest absolute Gasteiger partial charge is 0.338 e. The number of aromatic nitrogens is 2. The maximum Gasteiger partial charge on any atom is 0.244 e. The van der Waals surface area contributed by atoms with Crippen LogP contribution < -0.4 is 4.72 Å². The summed E-state index contributed by atoms with van der Waals surface area (Å²) in [5.74, 6) is -0.0118. The van der Waals surface area contributed by atoms with Crippen molar-refractivity contribution in [1.82, 2.24) is 14.9 Å². The monoisotopic (exact) mass is 299 g/mol. The number of halogens is 1. The smallest absolute Gasteiger partial charge is 0.244 e. The van der Waals surface area contributed by atoms with E-state index in [9.17, 15) is 12.8 Å². The normalized spacial score (nSPS) is 13.4. The molecule has 0 aliphatic rings. The second-order valence-corrected chi connectivity index (χ2v) is 6.07. The van der Waals surface area contributed by atoms with Crippen LogP contribution in [0.4, 0.5) is 4.39 Å². The van der Waals surface area contributed by atoms with E-state index in [-0.39, 0.29) is 16.3 Å². The van der Waals surface area contributed by atoms with Gasteiger partial charge in [-0.2, -0.15) is 9.71 Å². The van der Waals surface area contributed by atoms with Crippen LogP contribution in [-0.2, 0) is 10.0 Å². The van der Waals surface area contributed by atoms with Gasteiger partial charge in [0, 0.05) is 5.56 Å². The molecule has 1 N–H and O–H groups in total. The predicted molar refractivity (Wildman–Crippen MR) is 68.9 cm³/mol. The van der Waals surface area contributed by atoms with Gasteiger partial charge in [0.25, 0.3) is 0 Å². The average molecular weight is 299 g/mol. The topological polar surface area (TPSA) is 85.1 Å². The van der Waals surface area contributed by atoms with Gasteiger partial charge in [0.2, 0.25) is 15.9 Å². The summed E-state index contributed by atoms with van der Waals surface area (Å²) >= 11 is 0. The van der Waals surface area contributed by atoms with E-state index in [1.807, 2.05) is 0 Å². The molecule has 0 saturated carbocycles. The number of rotatable bonds is 4. The lowest BCUT2D eigenvalue weighted by Crippen LogP contribution is -2.28. The second-order valence-electron chi connectivity index (χ2n) is 4.39. The average Bonchev–Trinajstić information content (AvgIpc) is 2.79. The molecule has 2 aromatic rings. The molecule has 1 heterocycles. The van der Waals surface area contributed by atoms with Gasteiger partial charge in [0.1, 0.15) is 5.82 Å². The van der Waals surface area contributed by atoms with Crippen molar-refractivity contribution in [3.05, 3.63) is 41.3 Å². The van der Waals surface area contributed by atoms with Crippen LogP contribution in [0, 0.1) is 19.7 Å². The minimum atomic E-state index is -3.87. The van der Waals surface area contributed by atoms with Crippen LogP contribution in [0.1, 0.15) is 30.2 Å². The zero-order valence-electron chi connectivity index (χ0n) is 11.2. The molecule has 108 valence electrons. The Morgan fingerprint density at radius 1 is 1.35 bits per heavy atom. The van der Waals surface area contributed by atoms with E-state index in [4.69, 9.17) is 4.52 Å². The zero-order chi connectivity index (χ0) is 14.9. The number of benzene rings is 1. The zero-order valence-corrected chi connectivity index (χ0v) is 12.0. The summed E-state index contributed by atoms with van der Waals surface area (Å²) < 4.78 is 45.2. The summed E-state index contributed by atoms with van der Waals surface area (Å²) in [6.45, 7) is 4.61. The highest BCUT2D eigenvalue weighted by Gasteiger charge is 2.24. The Morgan fingerprint density at radius 3 is 2.65 bits per heavy atom. The Labute approximate surface area is 116 Å². The molecule has 0 fully saturated rings. The fourth-order valence-corrected chi connectivity index (χ4v) is 3.17. The van der Waals surface area contributed by atoms with E-state index in [1.165, 1.54) is 25.1 Å². The first-order valence-corrected chi connectivity index (χ1v) is 7.37. The van der Waals surface area contributed by atoms with E-state index in [0.29, 0.717) is 5.82 Å². The van der Waals surface area contributed by atoms with Crippen molar-refractivity contribution < 1.29 is 17.3 Å². The third-order valence-electron chi connectivity index (χ3n) is 2.75. The SMILES string of the molecule is Cc1noc(C(C)NS(=O)(=O)c2cccc(F)c2C)n1. The van der Waals surface area contributed by atoms with Crippen molar-refractivity contribution in [2.45, 2.75) is 31.7 Å². The first-order chi connectivity index (χ1) is 9.31. The first kappa shape index (κ1) is 14.6. The summed E-state index contributed by atoms with van der Waals surface area (Å²) in [4.78, 5) is 3.84. The summed E-state index contributed by atoms with van der Waals surface area (Å²) in [6.07, 6.45) is 0. The molecule has 0 amide bonds. The quantitative estimate of drug-likeness (QED) is 0.931. The highest BCUT2D eigenvalue weighted by atomic mass is 32.2. The lowest BCUT2D eigenvalue weighted by molar-refractivity contribution is 0.350. The van der Waals surface area contributed by atoms with Crippen LogP contribution in [0.3, 0.4) is 0 Å². The molecular weight excluding hydrogens is 285 g/mol. The molecular formula is C12H14FN3O3S. The van der Waals surface area contributed by atoms with Crippen LogP contribution in [0.2, 0.25) is 0 Å². The molecule has 0 aliphatic carbocycles. The van der Waals surface area contributed by atoms with E-state index in [1.54, 1.807) is 13.8 Å². The summed E-state index contributed by atoms with van der Waals surface area (Å²) in [5.41, 5.74) is 0.0638. The number of sulfonamides is 1. The number of hydrogen-bond acceptors (Lipinski definition) is 5. The maximum atomic E-state index is 13.4. The molecule has 8 heteroatoms. The summed E-state index contributed by atoms with van der Waals surface area (Å²) in [7, 11) is -3.87. The molecule has 0 spiro atoms. The van der Waals surface area contributed by atoms with E-state index < -0.39 is 21.9 Å². The molecule has 0 saturated heterocycles. The second kappa shape index (κ2) is 5.29. The van der Waals surface area contributed by atoms with Gasteiger partial charge < -0.3 is 4.52 Å². The van der Waals surface area contributed by atoms with Crippen molar-refractivity contribution in [3.63, 3.8) is 0 Å². The van der Waals surface area contributed by atoms with E-state index in [2.05, 4.69) is 14.9 Å². The van der Waals surface area contributed by atoms with Crippen LogP contribution in [0.25, 0.3) is 0 Å². The van der Waals surface area contributed by atoms with Gasteiger partial charge in [-0.15, -0.1) is 0 Å². The van der Waals surface area contributed by atoms with Crippen LogP contribution in [0.5, 0.6) is 0 Å². The van der Waals surface area contributed by atoms with Gasteiger partial charge in [-0.05, 0) is 32.9 Å². The van der Waals surface area contributed by atoms with Gasteiger partial charge in [0.15, 0.2) is 5.82 Å². The van der Waals surface area contributed by atoms with Gasteiger partial charge in [-0.25, -0.2) is 12.8 Å². The Kier molecular flexibility index (Phi) is 3.87. The molecule has 0 aliphatic heterocycles.